The lowest BCUT2D eigenvalue weighted by Crippen LogP contribution is -2.61. The number of carbonyl (C=O) groups is 1. The number of halogens is 1. The maximum atomic E-state index is 13.5. The summed E-state index contributed by atoms with van der Waals surface area (Å²) in [6, 6.07) is 12.8. The van der Waals surface area contributed by atoms with Crippen LogP contribution < -0.4 is 19.9 Å². The number of morpholine rings is 1. The van der Waals surface area contributed by atoms with E-state index in [1.165, 1.54) is 17.7 Å². The molecule has 182 valence electrons. The summed E-state index contributed by atoms with van der Waals surface area (Å²) in [6.07, 6.45) is 0.696. The van der Waals surface area contributed by atoms with Gasteiger partial charge in [-0.25, -0.2) is 4.39 Å². The molecule has 0 aliphatic carbocycles. The van der Waals surface area contributed by atoms with E-state index in [1.807, 2.05) is 18.2 Å². The highest BCUT2D eigenvalue weighted by molar-refractivity contribution is 5.82. The fourth-order valence-electron chi connectivity index (χ4n) is 5.38. The van der Waals surface area contributed by atoms with E-state index in [0.717, 1.165) is 63.1 Å². The van der Waals surface area contributed by atoms with E-state index in [2.05, 4.69) is 32.1 Å². The molecule has 1 amide bonds. The lowest BCUT2D eigenvalue weighted by molar-refractivity contribution is -0.125. The number of carbonyl (C=O) groups excluding carboxylic acids is 1. The van der Waals surface area contributed by atoms with E-state index >= 15 is 0 Å². The van der Waals surface area contributed by atoms with Crippen LogP contribution in [0.3, 0.4) is 0 Å². The van der Waals surface area contributed by atoms with Gasteiger partial charge in [-0.1, -0.05) is 6.07 Å². The van der Waals surface area contributed by atoms with Crippen LogP contribution in [0.1, 0.15) is 5.56 Å². The lowest BCUT2D eigenvalue weighted by Gasteiger charge is -2.49. The van der Waals surface area contributed by atoms with Gasteiger partial charge in [-0.2, -0.15) is 0 Å². The number of benzene rings is 2. The van der Waals surface area contributed by atoms with Crippen LogP contribution in [-0.4, -0.2) is 83.0 Å². The highest BCUT2D eigenvalue weighted by atomic mass is 19.1. The zero-order valence-electron chi connectivity index (χ0n) is 19.7. The molecule has 7 nitrogen and oxygen atoms in total. The topological polar surface area (TPSA) is 57.3 Å². The van der Waals surface area contributed by atoms with Gasteiger partial charge >= 0.3 is 0 Å². The van der Waals surface area contributed by atoms with Gasteiger partial charge in [-0.05, 0) is 42.3 Å². The minimum absolute atomic E-state index is 0.0294. The summed E-state index contributed by atoms with van der Waals surface area (Å²) < 4.78 is 24.4. The van der Waals surface area contributed by atoms with Crippen LogP contribution in [-0.2, 0) is 16.0 Å². The van der Waals surface area contributed by atoms with E-state index in [-0.39, 0.29) is 23.7 Å². The lowest BCUT2D eigenvalue weighted by atomic mass is 9.83. The Labute approximate surface area is 200 Å². The van der Waals surface area contributed by atoms with Crippen molar-refractivity contribution in [2.24, 2.45) is 5.92 Å². The molecular formula is C26H33FN4O3. The third-order valence-electron chi connectivity index (χ3n) is 7.28. The first-order chi connectivity index (χ1) is 16.6. The molecule has 2 atom stereocenters. The SMILES string of the molecule is COc1ccc2c(c1)N1CCN(c3ccc(F)cc3)C[C@@H]1[C@@H](C(=O)NCCN1CCOCC1)C2. The number of rotatable bonds is 6. The fourth-order valence-corrected chi connectivity index (χ4v) is 5.38. The molecule has 34 heavy (non-hydrogen) atoms. The molecule has 1 N–H and O–H groups in total. The van der Waals surface area contributed by atoms with Gasteiger partial charge in [0.15, 0.2) is 0 Å². The number of ether oxygens (including phenoxy) is 2. The molecule has 0 spiro atoms. The Balaban J connectivity index is 1.34. The Hall–Kier alpha value is -2.84. The Bertz CT molecular complexity index is 996. The largest absolute Gasteiger partial charge is 0.497 e. The molecular weight excluding hydrogens is 435 g/mol. The summed E-state index contributed by atoms with van der Waals surface area (Å²) in [6.45, 7) is 7.13. The molecule has 2 aromatic rings. The van der Waals surface area contributed by atoms with Crippen molar-refractivity contribution in [3.8, 4) is 5.75 Å². The quantitative estimate of drug-likeness (QED) is 0.701. The van der Waals surface area contributed by atoms with Crippen molar-refractivity contribution in [3.63, 3.8) is 0 Å². The van der Waals surface area contributed by atoms with Gasteiger partial charge in [0, 0.05) is 63.3 Å². The monoisotopic (exact) mass is 468 g/mol. The second-order valence-electron chi connectivity index (χ2n) is 9.23. The van der Waals surface area contributed by atoms with Crippen LogP contribution >= 0.6 is 0 Å². The van der Waals surface area contributed by atoms with Crippen LogP contribution in [0.4, 0.5) is 15.8 Å². The average molecular weight is 469 g/mol. The van der Waals surface area contributed by atoms with Gasteiger partial charge < -0.3 is 24.6 Å². The number of methoxy groups -OCH3 is 1. The van der Waals surface area contributed by atoms with Crippen molar-refractivity contribution in [1.29, 1.82) is 0 Å². The van der Waals surface area contributed by atoms with Crippen molar-refractivity contribution in [2.45, 2.75) is 12.5 Å². The predicted octanol–water partition coefficient (Wildman–Crippen LogP) is 2.15. The van der Waals surface area contributed by atoms with E-state index in [1.54, 1.807) is 7.11 Å². The summed E-state index contributed by atoms with van der Waals surface area (Å²) in [5.41, 5.74) is 3.32. The second kappa shape index (κ2) is 10.2. The molecule has 0 radical (unpaired) electrons. The predicted molar refractivity (Wildman–Crippen MR) is 130 cm³/mol. The first-order valence-electron chi connectivity index (χ1n) is 12.1. The number of anilines is 2. The summed E-state index contributed by atoms with van der Waals surface area (Å²) in [5.74, 6) is 0.532. The van der Waals surface area contributed by atoms with Gasteiger partial charge in [0.05, 0.1) is 32.3 Å². The van der Waals surface area contributed by atoms with Crippen LogP contribution in [0.5, 0.6) is 5.75 Å². The summed E-state index contributed by atoms with van der Waals surface area (Å²) >= 11 is 0. The van der Waals surface area contributed by atoms with E-state index in [9.17, 15) is 9.18 Å². The van der Waals surface area contributed by atoms with E-state index in [0.29, 0.717) is 19.5 Å². The molecule has 8 heteroatoms. The molecule has 5 rings (SSSR count). The normalized spacial score (nSPS) is 22.6. The zero-order chi connectivity index (χ0) is 23.5. The summed E-state index contributed by atoms with van der Waals surface area (Å²) in [7, 11) is 1.68. The van der Waals surface area contributed by atoms with Crippen LogP contribution in [0.2, 0.25) is 0 Å². The average Bonchev–Trinajstić information content (AvgIpc) is 2.88. The van der Waals surface area contributed by atoms with Crippen LogP contribution in [0.15, 0.2) is 42.5 Å². The van der Waals surface area contributed by atoms with Crippen LogP contribution in [0, 0.1) is 11.7 Å². The standard InChI is InChI=1S/C26H33FN4O3/c1-33-22-7-2-19-16-23(26(32)28-8-9-29-12-14-34-15-13-29)25-18-30(10-11-31(25)24(19)17-22)21-5-3-20(27)4-6-21/h2-7,17,23,25H,8-16,18H2,1H3,(H,28,32)/t23-,25+/m0/s1. The molecule has 0 saturated carbocycles. The van der Waals surface area contributed by atoms with Crippen molar-refractivity contribution >= 4 is 17.3 Å². The molecule has 3 aliphatic heterocycles. The second-order valence-corrected chi connectivity index (χ2v) is 9.23. The fraction of sp³-hybridized carbons (Fsp3) is 0.500. The third kappa shape index (κ3) is 4.83. The number of hydrogen-bond acceptors (Lipinski definition) is 6. The summed E-state index contributed by atoms with van der Waals surface area (Å²) in [4.78, 5) is 20.4. The van der Waals surface area contributed by atoms with Gasteiger partial charge in [-0.3, -0.25) is 9.69 Å². The maximum Gasteiger partial charge on any atom is 0.225 e. The number of nitrogens with zero attached hydrogens (tertiary/aromatic N) is 3. The van der Waals surface area contributed by atoms with Gasteiger partial charge in [-0.15, -0.1) is 0 Å². The Morgan fingerprint density at radius 3 is 2.68 bits per heavy atom. The summed E-state index contributed by atoms with van der Waals surface area (Å²) in [5, 5.41) is 3.21. The first kappa shape index (κ1) is 22.9. The smallest absolute Gasteiger partial charge is 0.225 e. The molecule has 0 unspecified atom stereocenters. The third-order valence-corrected chi connectivity index (χ3v) is 7.28. The maximum absolute atomic E-state index is 13.5. The number of piperazine rings is 1. The minimum atomic E-state index is -0.237. The minimum Gasteiger partial charge on any atom is -0.497 e. The number of nitrogens with one attached hydrogen (secondary N) is 1. The molecule has 0 bridgehead atoms. The van der Waals surface area contributed by atoms with Crippen molar-refractivity contribution in [3.05, 3.63) is 53.8 Å². The van der Waals surface area contributed by atoms with Gasteiger partial charge in [0.2, 0.25) is 5.91 Å². The molecule has 2 aromatic carbocycles. The van der Waals surface area contributed by atoms with Crippen molar-refractivity contribution in [2.75, 3.05) is 75.9 Å². The Kier molecular flexibility index (Phi) is 6.87. The zero-order valence-corrected chi connectivity index (χ0v) is 19.7. The highest BCUT2D eigenvalue weighted by Crippen LogP contribution is 2.39. The molecule has 2 fully saturated rings. The molecule has 3 aliphatic rings. The highest BCUT2D eigenvalue weighted by Gasteiger charge is 2.41. The van der Waals surface area contributed by atoms with Gasteiger partial charge in [0.25, 0.3) is 0 Å². The first-order valence-corrected chi connectivity index (χ1v) is 12.1. The molecule has 0 aromatic heterocycles. The van der Waals surface area contributed by atoms with Crippen molar-refractivity contribution < 1.29 is 18.7 Å². The Morgan fingerprint density at radius 2 is 1.91 bits per heavy atom. The van der Waals surface area contributed by atoms with Crippen LogP contribution in [0.25, 0.3) is 0 Å². The number of amides is 1. The van der Waals surface area contributed by atoms with E-state index < -0.39 is 0 Å². The van der Waals surface area contributed by atoms with E-state index in [4.69, 9.17) is 9.47 Å². The molecule has 3 heterocycles. The number of hydrogen-bond donors (Lipinski definition) is 1. The Morgan fingerprint density at radius 1 is 1.12 bits per heavy atom. The van der Waals surface area contributed by atoms with Gasteiger partial charge in [0.1, 0.15) is 11.6 Å². The number of fused-ring (bicyclic) bond motifs is 3. The molecule has 2 saturated heterocycles. The van der Waals surface area contributed by atoms with Crippen molar-refractivity contribution in [1.82, 2.24) is 10.2 Å².